The molecule has 0 radical (unpaired) electrons. The zero-order valence-corrected chi connectivity index (χ0v) is 18.2. The van der Waals surface area contributed by atoms with Crippen molar-refractivity contribution in [3.05, 3.63) is 109 Å². The Bertz CT molecular complexity index is 1480. The fourth-order valence-electron chi connectivity index (χ4n) is 5.01. The SMILES string of the molecule is OCCCC(c1ccncc1)c1ccc(-[n+]2cc3ccc4cncc5ccc(c2)c3c45)cc1. The molecule has 3 heterocycles. The molecule has 0 aliphatic heterocycles. The third-order valence-corrected chi connectivity index (χ3v) is 6.63. The summed E-state index contributed by atoms with van der Waals surface area (Å²) >= 11 is 0. The molecule has 33 heavy (non-hydrogen) atoms. The quantitative estimate of drug-likeness (QED) is 0.278. The van der Waals surface area contributed by atoms with Crippen LogP contribution in [0.2, 0.25) is 0 Å². The lowest BCUT2D eigenvalue weighted by atomic mass is 9.88. The van der Waals surface area contributed by atoms with Gasteiger partial charge in [0.2, 0.25) is 5.69 Å². The zero-order valence-electron chi connectivity index (χ0n) is 18.2. The maximum Gasteiger partial charge on any atom is 0.210 e. The summed E-state index contributed by atoms with van der Waals surface area (Å²) in [7, 11) is 0. The van der Waals surface area contributed by atoms with Crippen LogP contribution < -0.4 is 4.57 Å². The highest BCUT2D eigenvalue weighted by Gasteiger charge is 2.17. The molecule has 3 aromatic heterocycles. The van der Waals surface area contributed by atoms with Gasteiger partial charge in [-0.1, -0.05) is 24.3 Å². The molecule has 0 spiro atoms. The van der Waals surface area contributed by atoms with E-state index in [9.17, 15) is 5.11 Å². The molecule has 1 atom stereocenters. The molecular formula is C29H24N3O+. The van der Waals surface area contributed by atoms with Crippen LogP contribution in [0, 0.1) is 0 Å². The molecule has 0 fully saturated rings. The minimum Gasteiger partial charge on any atom is -0.396 e. The molecule has 0 saturated heterocycles. The predicted molar refractivity (Wildman–Crippen MR) is 132 cm³/mol. The van der Waals surface area contributed by atoms with Crippen LogP contribution in [0.4, 0.5) is 0 Å². The first-order valence-corrected chi connectivity index (χ1v) is 11.4. The van der Waals surface area contributed by atoms with Crippen molar-refractivity contribution in [2.24, 2.45) is 0 Å². The monoisotopic (exact) mass is 430 g/mol. The van der Waals surface area contributed by atoms with Crippen LogP contribution in [0.3, 0.4) is 0 Å². The first-order chi connectivity index (χ1) is 16.3. The zero-order chi connectivity index (χ0) is 22.2. The normalized spacial score (nSPS) is 12.6. The van der Waals surface area contributed by atoms with Crippen LogP contribution in [0.1, 0.15) is 29.9 Å². The molecule has 0 amide bonds. The lowest BCUT2D eigenvalue weighted by Gasteiger charge is -2.17. The van der Waals surface area contributed by atoms with Gasteiger partial charge in [-0.05, 0) is 48.2 Å². The van der Waals surface area contributed by atoms with Crippen LogP contribution >= 0.6 is 0 Å². The van der Waals surface area contributed by atoms with E-state index >= 15 is 0 Å². The van der Waals surface area contributed by atoms with E-state index in [1.807, 2.05) is 24.8 Å². The van der Waals surface area contributed by atoms with E-state index in [1.54, 1.807) is 0 Å². The van der Waals surface area contributed by atoms with Crippen LogP contribution in [0.25, 0.3) is 38.0 Å². The molecule has 4 nitrogen and oxygen atoms in total. The third-order valence-electron chi connectivity index (χ3n) is 6.63. The third kappa shape index (κ3) is 3.49. The van der Waals surface area contributed by atoms with E-state index in [0.717, 1.165) is 18.5 Å². The largest absolute Gasteiger partial charge is 0.396 e. The summed E-state index contributed by atoms with van der Waals surface area (Å²) in [6, 6.07) is 21.6. The van der Waals surface area contributed by atoms with Gasteiger partial charge in [-0.3, -0.25) is 9.97 Å². The standard InChI is InChI=1S/C29H24N3O/c33-15-1-2-27(21-11-13-30-14-12-21)20-7-9-26(10-8-20)32-18-24-5-3-22-16-31-17-23-4-6-25(19-32)29(24)28(22)23/h3-14,16-19,27,33H,1-2,15H2/q+1. The number of aliphatic hydroxyl groups is 1. The van der Waals surface area contributed by atoms with E-state index in [-0.39, 0.29) is 12.5 Å². The second-order valence-electron chi connectivity index (χ2n) is 8.60. The average molecular weight is 431 g/mol. The van der Waals surface area contributed by atoms with Crippen LogP contribution in [0.5, 0.6) is 0 Å². The summed E-state index contributed by atoms with van der Waals surface area (Å²) in [5.41, 5.74) is 3.61. The second-order valence-corrected chi connectivity index (χ2v) is 8.60. The number of aliphatic hydroxyl groups excluding tert-OH is 1. The number of benzene rings is 3. The fraction of sp³-hybridized carbons (Fsp3) is 0.138. The van der Waals surface area contributed by atoms with Gasteiger partial charge in [0, 0.05) is 81.8 Å². The Morgan fingerprint density at radius 3 is 1.88 bits per heavy atom. The second kappa shape index (κ2) is 8.23. The van der Waals surface area contributed by atoms with E-state index in [1.165, 1.54) is 43.4 Å². The Kier molecular flexibility index (Phi) is 4.93. The van der Waals surface area contributed by atoms with Crippen molar-refractivity contribution in [3.8, 4) is 5.69 Å². The summed E-state index contributed by atoms with van der Waals surface area (Å²) in [4.78, 5) is 8.53. The van der Waals surface area contributed by atoms with Gasteiger partial charge in [0.25, 0.3) is 0 Å². The van der Waals surface area contributed by atoms with Crippen molar-refractivity contribution < 1.29 is 9.67 Å². The summed E-state index contributed by atoms with van der Waals surface area (Å²) in [6.45, 7) is 0.204. The van der Waals surface area contributed by atoms with Crippen molar-refractivity contribution in [3.63, 3.8) is 0 Å². The smallest absolute Gasteiger partial charge is 0.210 e. The van der Waals surface area contributed by atoms with Crippen molar-refractivity contribution in [1.29, 1.82) is 0 Å². The van der Waals surface area contributed by atoms with Crippen molar-refractivity contribution in [2.45, 2.75) is 18.8 Å². The fourth-order valence-corrected chi connectivity index (χ4v) is 5.01. The topological polar surface area (TPSA) is 49.9 Å². The summed E-state index contributed by atoms with van der Waals surface area (Å²) in [6.07, 6.45) is 13.7. The first-order valence-electron chi connectivity index (χ1n) is 11.4. The molecule has 1 N–H and O–H groups in total. The van der Waals surface area contributed by atoms with Gasteiger partial charge in [0.1, 0.15) is 0 Å². The maximum atomic E-state index is 9.38. The van der Waals surface area contributed by atoms with Gasteiger partial charge in [-0.2, -0.15) is 4.57 Å². The number of nitrogens with zero attached hydrogens (tertiary/aromatic N) is 3. The lowest BCUT2D eigenvalue weighted by Crippen LogP contribution is -2.29. The number of aromatic nitrogens is 3. The molecule has 1 unspecified atom stereocenters. The van der Waals surface area contributed by atoms with Gasteiger partial charge in [-0.25, -0.2) is 0 Å². The van der Waals surface area contributed by atoms with Gasteiger partial charge in [0.15, 0.2) is 12.4 Å². The molecule has 0 aliphatic rings. The highest BCUT2D eigenvalue weighted by atomic mass is 16.2. The molecule has 0 bridgehead atoms. The van der Waals surface area contributed by atoms with Crippen molar-refractivity contribution in [2.75, 3.05) is 6.61 Å². The highest BCUT2D eigenvalue weighted by Crippen LogP contribution is 2.33. The molecule has 160 valence electrons. The summed E-state index contributed by atoms with van der Waals surface area (Å²) in [5.74, 6) is 0.248. The van der Waals surface area contributed by atoms with Crippen LogP contribution in [0.15, 0.2) is 97.8 Å². The Balaban J connectivity index is 1.41. The van der Waals surface area contributed by atoms with Gasteiger partial charge in [-0.15, -0.1) is 0 Å². The number of hydrogen-bond donors (Lipinski definition) is 1. The molecule has 6 rings (SSSR count). The molecule has 4 heteroatoms. The summed E-state index contributed by atoms with van der Waals surface area (Å²) in [5, 5.41) is 16.8. The maximum absolute atomic E-state index is 9.38. The summed E-state index contributed by atoms with van der Waals surface area (Å²) < 4.78 is 2.21. The van der Waals surface area contributed by atoms with E-state index in [4.69, 9.17) is 0 Å². The van der Waals surface area contributed by atoms with Crippen molar-refractivity contribution >= 4 is 32.3 Å². The van der Waals surface area contributed by atoms with E-state index in [0.29, 0.717) is 0 Å². The van der Waals surface area contributed by atoms with E-state index < -0.39 is 0 Å². The van der Waals surface area contributed by atoms with Crippen LogP contribution in [-0.4, -0.2) is 21.7 Å². The number of hydrogen-bond acceptors (Lipinski definition) is 3. The number of pyridine rings is 3. The minimum atomic E-state index is 0.204. The Labute approximate surface area is 192 Å². The minimum absolute atomic E-state index is 0.204. The lowest BCUT2D eigenvalue weighted by molar-refractivity contribution is -0.592. The van der Waals surface area contributed by atoms with E-state index in [2.05, 4.69) is 87.6 Å². The van der Waals surface area contributed by atoms with Crippen LogP contribution in [-0.2, 0) is 0 Å². The first kappa shape index (κ1) is 19.8. The molecule has 3 aromatic carbocycles. The van der Waals surface area contributed by atoms with Gasteiger partial charge >= 0.3 is 0 Å². The van der Waals surface area contributed by atoms with Gasteiger partial charge in [0.05, 0.1) is 0 Å². The average Bonchev–Trinajstić information content (AvgIpc) is 2.88. The molecule has 0 aliphatic carbocycles. The van der Waals surface area contributed by atoms with Crippen molar-refractivity contribution in [1.82, 2.24) is 9.97 Å². The Hall–Kier alpha value is -3.89. The molecule has 6 aromatic rings. The highest BCUT2D eigenvalue weighted by molar-refractivity contribution is 6.22. The Morgan fingerprint density at radius 2 is 1.24 bits per heavy atom. The predicted octanol–water partition coefficient (Wildman–Crippen LogP) is 5.56. The Morgan fingerprint density at radius 1 is 0.667 bits per heavy atom. The number of rotatable bonds is 6. The molecular weight excluding hydrogens is 406 g/mol. The van der Waals surface area contributed by atoms with Gasteiger partial charge < -0.3 is 5.11 Å². The molecule has 0 saturated carbocycles.